The van der Waals surface area contributed by atoms with Crippen LogP contribution in [0, 0.1) is 0 Å². The number of carbonyl (C=O) groups is 3. The average Bonchev–Trinajstić information content (AvgIpc) is 3.27. The molecule has 1 unspecified atom stereocenters. The Balaban J connectivity index is 1.57. The highest BCUT2D eigenvalue weighted by molar-refractivity contribution is 5.93. The van der Waals surface area contributed by atoms with E-state index < -0.39 is 12.0 Å². The Morgan fingerprint density at radius 2 is 1.82 bits per heavy atom. The second-order valence-corrected chi connectivity index (χ2v) is 7.19. The zero-order chi connectivity index (χ0) is 23.6. The molecule has 0 aromatic heterocycles. The van der Waals surface area contributed by atoms with Gasteiger partial charge in [-0.1, -0.05) is 18.2 Å². The fourth-order valence-corrected chi connectivity index (χ4v) is 3.22. The predicted molar refractivity (Wildman–Crippen MR) is 121 cm³/mol. The van der Waals surface area contributed by atoms with Crippen LogP contribution in [-0.4, -0.2) is 37.4 Å². The van der Waals surface area contributed by atoms with Gasteiger partial charge in [-0.25, -0.2) is 0 Å². The highest BCUT2D eigenvalue weighted by Gasteiger charge is 2.23. The summed E-state index contributed by atoms with van der Waals surface area (Å²) in [5.41, 5.74) is 2.06. The molecule has 1 heterocycles. The molecule has 0 spiro atoms. The van der Waals surface area contributed by atoms with Gasteiger partial charge in [0.2, 0.25) is 18.6 Å². The minimum Gasteiger partial charge on any atom is -0.466 e. The van der Waals surface area contributed by atoms with E-state index in [1.165, 1.54) is 6.21 Å². The van der Waals surface area contributed by atoms with E-state index in [0.717, 1.165) is 5.56 Å². The molecule has 0 fully saturated rings. The maximum atomic E-state index is 12.5. The largest absolute Gasteiger partial charge is 0.466 e. The first-order valence-electron chi connectivity index (χ1n) is 10.5. The van der Waals surface area contributed by atoms with Crippen LogP contribution in [0.1, 0.15) is 43.4 Å². The molecule has 0 aliphatic carbocycles. The lowest BCUT2D eigenvalue weighted by Gasteiger charge is -2.19. The van der Waals surface area contributed by atoms with Crippen molar-refractivity contribution in [3.63, 3.8) is 0 Å². The summed E-state index contributed by atoms with van der Waals surface area (Å²) in [6.45, 7) is 2.07. The van der Waals surface area contributed by atoms with Crippen LogP contribution in [0.25, 0.3) is 0 Å². The van der Waals surface area contributed by atoms with E-state index in [0.29, 0.717) is 22.7 Å². The summed E-state index contributed by atoms with van der Waals surface area (Å²) in [5.74, 6) is 5.12. The second kappa shape index (κ2) is 11.5. The number of benzene rings is 2. The molecule has 3 rings (SSSR count). The van der Waals surface area contributed by atoms with Crippen molar-refractivity contribution in [3.05, 3.63) is 53.6 Å². The molecule has 1 atom stereocenters. The minimum atomic E-state index is -0.633. The number of rotatable bonds is 10. The lowest BCUT2D eigenvalue weighted by atomic mass is 10.0. The van der Waals surface area contributed by atoms with Crippen LogP contribution in [0.4, 0.5) is 5.69 Å². The molecule has 10 nitrogen and oxygen atoms in total. The van der Waals surface area contributed by atoms with Crippen molar-refractivity contribution >= 4 is 29.7 Å². The number of nitrogens with two attached hydrogens (primary N) is 1. The molecule has 0 bridgehead atoms. The molecule has 0 radical (unpaired) electrons. The quantitative estimate of drug-likeness (QED) is 0.216. The van der Waals surface area contributed by atoms with Crippen LogP contribution in [0.15, 0.2) is 47.6 Å². The molecule has 4 N–H and O–H groups in total. The van der Waals surface area contributed by atoms with Crippen LogP contribution in [0.3, 0.4) is 0 Å². The Morgan fingerprint density at radius 3 is 2.55 bits per heavy atom. The van der Waals surface area contributed by atoms with Crippen molar-refractivity contribution in [2.45, 2.75) is 32.2 Å². The zero-order valence-electron chi connectivity index (χ0n) is 18.2. The van der Waals surface area contributed by atoms with E-state index in [9.17, 15) is 14.4 Å². The third-order valence-electron chi connectivity index (χ3n) is 4.81. The molecule has 1 aliphatic heterocycles. The van der Waals surface area contributed by atoms with Crippen molar-refractivity contribution in [3.8, 4) is 11.5 Å². The van der Waals surface area contributed by atoms with Gasteiger partial charge in [-0.15, -0.1) is 0 Å². The number of ether oxygens (including phenoxy) is 3. The summed E-state index contributed by atoms with van der Waals surface area (Å²) in [7, 11) is 0. The van der Waals surface area contributed by atoms with E-state index >= 15 is 0 Å². The smallest absolute Gasteiger partial charge is 0.308 e. The van der Waals surface area contributed by atoms with Gasteiger partial charge in [0.1, 0.15) is 0 Å². The minimum absolute atomic E-state index is 0.0227. The molecule has 0 saturated heterocycles. The molecule has 0 saturated carbocycles. The SMILES string of the molecule is CCOC(=O)CC(NC(=O)CCC(=O)Nc1ccc(C=NN)cc1)c1ccc2c(c1)OCO2. The number of hydrazone groups is 1. The molecule has 33 heavy (non-hydrogen) atoms. The van der Waals surface area contributed by atoms with Crippen molar-refractivity contribution in [1.29, 1.82) is 0 Å². The third kappa shape index (κ3) is 6.96. The van der Waals surface area contributed by atoms with Gasteiger partial charge in [0.25, 0.3) is 0 Å². The number of esters is 1. The molecule has 10 heteroatoms. The fourth-order valence-electron chi connectivity index (χ4n) is 3.22. The van der Waals surface area contributed by atoms with Gasteiger partial charge in [-0.3, -0.25) is 14.4 Å². The van der Waals surface area contributed by atoms with Gasteiger partial charge >= 0.3 is 5.97 Å². The van der Waals surface area contributed by atoms with Gasteiger partial charge < -0.3 is 30.7 Å². The van der Waals surface area contributed by atoms with Crippen LogP contribution in [-0.2, 0) is 19.1 Å². The Hall–Kier alpha value is -4.08. The highest BCUT2D eigenvalue weighted by Crippen LogP contribution is 2.35. The molecule has 2 amide bonds. The normalized spacial score (nSPS) is 12.9. The molecular formula is C23H26N4O6. The summed E-state index contributed by atoms with van der Waals surface area (Å²) in [6.07, 6.45) is 1.37. The Bertz CT molecular complexity index is 1020. The number of nitrogens with one attached hydrogen (secondary N) is 2. The maximum Gasteiger partial charge on any atom is 0.308 e. The first-order chi connectivity index (χ1) is 16.0. The average molecular weight is 454 g/mol. The summed E-state index contributed by atoms with van der Waals surface area (Å²) in [4.78, 5) is 36.8. The van der Waals surface area contributed by atoms with E-state index in [1.54, 1.807) is 49.4 Å². The summed E-state index contributed by atoms with van der Waals surface area (Å²) >= 11 is 0. The Morgan fingerprint density at radius 1 is 1.09 bits per heavy atom. The van der Waals surface area contributed by atoms with Crippen LogP contribution in [0.2, 0.25) is 0 Å². The number of hydrogen-bond donors (Lipinski definition) is 3. The second-order valence-electron chi connectivity index (χ2n) is 7.19. The van der Waals surface area contributed by atoms with E-state index in [-0.39, 0.29) is 44.5 Å². The molecular weight excluding hydrogens is 428 g/mol. The lowest BCUT2D eigenvalue weighted by Crippen LogP contribution is -2.31. The lowest BCUT2D eigenvalue weighted by molar-refractivity contribution is -0.144. The zero-order valence-corrected chi connectivity index (χ0v) is 18.2. The van der Waals surface area contributed by atoms with Gasteiger partial charge in [-0.05, 0) is 42.3 Å². The van der Waals surface area contributed by atoms with Gasteiger partial charge in [0, 0.05) is 18.5 Å². The van der Waals surface area contributed by atoms with Crippen molar-refractivity contribution in [2.24, 2.45) is 10.9 Å². The number of amides is 2. The molecule has 2 aromatic carbocycles. The standard InChI is InChI=1S/C23H26N4O6/c1-2-31-23(30)12-18(16-5-8-19-20(11-16)33-14-32-19)27-22(29)10-9-21(28)26-17-6-3-15(4-7-17)13-25-24/h3-8,11,13,18H,2,9-10,12,14,24H2,1H3,(H,26,28)(H,27,29). The van der Waals surface area contributed by atoms with Crippen LogP contribution >= 0.6 is 0 Å². The summed E-state index contributed by atoms with van der Waals surface area (Å²) in [6, 6.07) is 11.5. The van der Waals surface area contributed by atoms with Crippen LogP contribution in [0.5, 0.6) is 11.5 Å². The number of hydrogen-bond acceptors (Lipinski definition) is 8. The van der Waals surface area contributed by atoms with E-state index in [4.69, 9.17) is 20.1 Å². The van der Waals surface area contributed by atoms with Crippen molar-refractivity contribution < 1.29 is 28.6 Å². The van der Waals surface area contributed by atoms with Crippen molar-refractivity contribution in [2.75, 3.05) is 18.7 Å². The molecule has 174 valence electrons. The number of carbonyl (C=O) groups excluding carboxylic acids is 3. The summed E-state index contributed by atoms with van der Waals surface area (Å²) < 4.78 is 15.7. The third-order valence-corrected chi connectivity index (χ3v) is 4.81. The summed E-state index contributed by atoms with van der Waals surface area (Å²) in [5, 5.41) is 8.98. The topological polar surface area (TPSA) is 141 Å². The predicted octanol–water partition coefficient (Wildman–Crippen LogP) is 2.24. The Labute approximate surface area is 191 Å². The molecule has 1 aliphatic rings. The maximum absolute atomic E-state index is 12.5. The van der Waals surface area contributed by atoms with Gasteiger partial charge in [0.15, 0.2) is 11.5 Å². The number of nitrogens with zero attached hydrogens (tertiary/aromatic N) is 1. The fraction of sp³-hybridized carbons (Fsp3) is 0.304. The van der Waals surface area contributed by atoms with Crippen LogP contribution < -0.4 is 25.9 Å². The van der Waals surface area contributed by atoms with Gasteiger partial charge in [-0.2, -0.15) is 5.10 Å². The highest BCUT2D eigenvalue weighted by atomic mass is 16.7. The van der Waals surface area contributed by atoms with E-state index in [1.807, 2.05) is 0 Å². The monoisotopic (exact) mass is 454 g/mol. The van der Waals surface area contributed by atoms with Crippen molar-refractivity contribution in [1.82, 2.24) is 5.32 Å². The molecule has 2 aromatic rings. The van der Waals surface area contributed by atoms with Gasteiger partial charge in [0.05, 0.1) is 25.3 Å². The Kier molecular flexibility index (Phi) is 8.23. The first kappa shape index (κ1) is 23.6. The first-order valence-corrected chi connectivity index (χ1v) is 10.5. The number of fused-ring (bicyclic) bond motifs is 1. The number of anilines is 1. The van der Waals surface area contributed by atoms with E-state index in [2.05, 4.69) is 15.7 Å².